The molecule has 1 saturated heterocycles. The number of benzene rings is 1. The zero-order valence-corrected chi connectivity index (χ0v) is 9.60. The average molecular weight is 220 g/mol. The zero-order chi connectivity index (χ0) is 11.4. The summed E-state index contributed by atoms with van der Waals surface area (Å²) in [5, 5.41) is 9.09. The number of aliphatic hydroxyl groups is 1. The van der Waals surface area contributed by atoms with Crippen molar-refractivity contribution in [2.24, 2.45) is 11.7 Å². The molecule has 0 atom stereocenters. The molecular formula is C13H20N2O. The van der Waals surface area contributed by atoms with Crippen LogP contribution in [0, 0.1) is 5.92 Å². The smallest absolute Gasteiger partial charge is 0.0460 e. The van der Waals surface area contributed by atoms with Crippen LogP contribution in [0.2, 0.25) is 0 Å². The summed E-state index contributed by atoms with van der Waals surface area (Å²) in [7, 11) is 0. The fourth-order valence-electron chi connectivity index (χ4n) is 2.25. The SMILES string of the molecule is NCc1cccc(N2CCC(CO)CC2)c1. The lowest BCUT2D eigenvalue weighted by Crippen LogP contribution is -2.34. The molecule has 0 amide bonds. The molecule has 1 aromatic carbocycles. The van der Waals surface area contributed by atoms with Crippen molar-refractivity contribution in [1.82, 2.24) is 0 Å². The molecule has 3 heteroatoms. The van der Waals surface area contributed by atoms with Crippen LogP contribution in [-0.2, 0) is 6.54 Å². The van der Waals surface area contributed by atoms with E-state index in [0.717, 1.165) is 25.9 Å². The standard InChI is InChI=1S/C13H20N2O/c14-9-12-2-1-3-13(8-12)15-6-4-11(10-16)5-7-15/h1-3,8,11,16H,4-7,9-10,14H2. The fraction of sp³-hybridized carbons (Fsp3) is 0.538. The quantitative estimate of drug-likeness (QED) is 0.808. The van der Waals surface area contributed by atoms with Crippen LogP contribution < -0.4 is 10.6 Å². The molecule has 1 aliphatic rings. The van der Waals surface area contributed by atoms with Crippen molar-refractivity contribution in [2.75, 3.05) is 24.6 Å². The molecule has 88 valence electrons. The van der Waals surface area contributed by atoms with E-state index in [0.29, 0.717) is 19.1 Å². The maximum atomic E-state index is 9.09. The van der Waals surface area contributed by atoms with E-state index in [4.69, 9.17) is 10.8 Å². The van der Waals surface area contributed by atoms with E-state index in [9.17, 15) is 0 Å². The number of aliphatic hydroxyl groups excluding tert-OH is 1. The molecule has 1 aromatic rings. The summed E-state index contributed by atoms with van der Waals surface area (Å²) in [6.07, 6.45) is 2.17. The summed E-state index contributed by atoms with van der Waals surface area (Å²) < 4.78 is 0. The predicted octanol–water partition coefficient (Wildman–Crippen LogP) is 1.35. The minimum atomic E-state index is 0.330. The largest absolute Gasteiger partial charge is 0.396 e. The molecule has 2 rings (SSSR count). The van der Waals surface area contributed by atoms with Crippen LogP contribution in [0.4, 0.5) is 5.69 Å². The highest BCUT2D eigenvalue weighted by molar-refractivity contribution is 5.48. The molecule has 0 radical (unpaired) electrons. The Kier molecular flexibility index (Phi) is 3.80. The van der Waals surface area contributed by atoms with E-state index < -0.39 is 0 Å². The van der Waals surface area contributed by atoms with E-state index in [2.05, 4.69) is 29.2 Å². The van der Waals surface area contributed by atoms with Gasteiger partial charge >= 0.3 is 0 Å². The van der Waals surface area contributed by atoms with Gasteiger partial charge in [0, 0.05) is 31.9 Å². The van der Waals surface area contributed by atoms with Crippen molar-refractivity contribution < 1.29 is 5.11 Å². The molecule has 0 saturated carbocycles. The van der Waals surface area contributed by atoms with Crippen LogP contribution in [0.3, 0.4) is 0 Å². The first-order valence-corrected chi connectivity index (χ1v) is 5.98. The monoisotopic (exact) mass is 220 g/mol. The molecule has 0 unspecified atom stereocenters. The van der Waals surface area contributed by atoms with Gasteiger partial charge in [0.05, 0.1) is 0 Å². The predicted molar refractivity (Wildman–Crippen MR) is 66.4 cm³/mol. The molecule has 1 heterocycles. The highest BCUT2D eigenvalue weighted by Crippen LogP contribution is 2.23. The zero-order valence-electron chi connectivity index (χ0n) is 9.60. The molecule has 1 fully saturated rings. The van der Waals surface area contributed by atoms with Crippen molar-refractivity contribution >= 4 is 5.69 Å². The summed E-state index contributed by atoms with van der Waals surface area (Å²) in [6, 6.07) is 8.43. The number of rotatable bonds is 3. The maximum Gasteiger partial charge on any atom is 0.0460 e. The third kappa shape index (κ3) is 2.54. The number of anilines is 1. The Morgan fingerprint density at radius 1 is 1.31 bits per heavy atom. The number of hydrogen-bond donors (Lipinski definition) is 2. The molecule has 0 bridgehead atoms. The van der Waals surface area contributed by atoms with Gasteiger partial charge in [0.1, 0.15) is 0 Å². The Morgan fingerprint density at radius 2 is 2.06 bits per heavy atom. The van der Waals surface area contributed by atoms with E-state index in [1.807, 2.05) is 0 Å². The number of nitrogens with zero attached hydrogens (tertiary/aromatic N) is 1. The van der Waals surface area contributed by atoms with Crippen molar-refractivity contribution in [1.29, 1.82) is 0 Å². The van der Waals surface area contributed by atoms with Crippen molar-refractivity contribution in [2.45, 2.75) is 19.4 Å². The second-order valence-corrected chi connectivity index (χ2v) is 4.49. The molecule has 1 aliphatic heterocycles. The van der Waals surface area contributed by atoms with Gasteiger partial charge in [0.2, 0.25) is 0 Å². The first-order chi connectivity index (χ1) is 7.83. The lowest BCUT2D eigenvalue weighted by atomic mass is 9.97. The van der Waals surface area contributed by atoms with Crippen molar-refractivity contribution in [3.05, 3.63) is 29.8 Å². The summed E-state index contributed by atoms with van der Waals surface area (Å²) in [5.74, 6) is 0.494. The second kappa shape index (κ2) is 5.32. The first kappa shape index (κ1) is 11.4. The van der Waals surface area contributed by atoms with E-state index >= 15 is 0 Å². The summed E-state index contributed by atoms with van der Waals surface area (Å²) in [5.41, 5.74) is 8.09. The van der Waals surface area contributed by atoms with Gasteiger partial charge in [-0.3, -0.25) is 0 Å². The highest BCUT2D eigenvalue weighted by atomic mass is 16.3. The lowest BCUT2D eigenvalue weighted by molar-refractivity contribution is 0.203. The van der Waals surface area contributed by atoms with Gasteiger partial charge in [-0.25, -0.2) is 0 Å². The van der Waals surface area contributed by atoms with Crippen LogP contribution in [0.5, 0.6) is 0 Å². The van der Waals surface area contributed by atoms with Gasteiger partial charge in [-0.2, -0.15) is 0 Å². The summed E-state index contributed by atoms with van der Waals surface area (Å²) >= 11 is 0. The summed E-state index contributed by atoms with van der Waals surface area (Å²) in [6.45, 7) is 3.01. The molecule has 0 aromatic heterocycles. The van der Waals surface area contributed by atoms with E-state index in [-0.39, 0.29) is 0 Å². The van der Waals surface area contributed by atoms with Crippen molar-refractivity contribution in [3.8, 4) is 0 Å². The van der Waals surface area contributed by atoms with Crippen LogP contribution in [0.1, 0.15) is 18.4 Å². The average Bonchev–Trinajstić information content (AvgIpc) is 2.39. The molecule has 3 N–H and O–H groups in total. The van der Waals surface area contributed by atoms with E-state index in [1.165, 1.54) is 11.3 Å². The molecule has 0 aliphatic carbocycles. The Morgan fingerprint density at radius 3 is 2.69 bits per heavy atom. The molecule has 0 spiro atoms. The Hall–Kier alpha value is -1.06. The number of nitrogens with two attached hydrogens (primary N) is 1. The van der Waals surface area contributed by atoms with E-state index in [1.54, 1.807) is 0 Å². The van der Waals surface area contributed by atoms with Crippen LogP contribution >= 0.6 is 0 Å². The van der Waals surface area contributed by atoms with Crippen LogP contribution in [0.15, 0.2) is 24.3 Å². The Balaban J connectivity index is 2.02. The van der Waals surface area contributed by atoms with Gasteiger partial charge in [-0.15, -0.1) is 0 Å². The topological polar surface area (TPSA) is 49.5 Å². The molecular weight excluding hydrogens is 200 g/mol. The van der Waals surface area contributed by atoms with Crippen molar-refractivity contribution in [3.63, 3.8) is 0 Å². The minimum absolute atomic E-state index is 0.330. The maximum absolute atomic E-state index is 9.09. The third-order valence-corrected chi connectivity index (χ3v) is 3.38. The lowest BCUT2D eigenvalue weighted by Gasteiger charge is -2.33. The Bertz CT molecular complexity index is 332. The van der Waals surface area contributed by atoms with Gasteiger partial charge in [0.25, 0.3) is 0 Å². The number of hydrogen-bond acceptors (Lipinski definition) is 3. The highest BCUT2D eigenvalue weighted by Gasteiger charge is 2.18. The van der Waals surface area contributed by atoms with Crippen LogP contribution in [-0.4, -0.2) is 24.8 Å². The normalized spacial score (nSPS) is 17.8. The first-order valence-electron chi connectivity index (χ1n) is 5.98. The van der Waals surface area contributed by atoms with Gasteiger partial charge in [-0.1, -0.05) is 12.1 Å². The number of piperidine rings is 1. The van der Waals surface area contributed by atoms with Gasteiger partial charge < -0.3 is 15.7 Å². The van der Waals surface area contributed by atoms with Gasteiger partial charge in [0.15, 0.2) is 0 Å². The molecule has 3 nitrogen and oxygen atoms in total. The third-order valence-electron chi connectivity index (χ3n) is 3.38. The van der Waals surface area contributed by atoms with Gasteiger partial charge in [-0.05, 0) is 36.5 Å². The summed E-state index contributed by atoms with van der Waals surface area (Å²) in [4.78, 5) is 2.38. The Labute approximate surface area is 96.9 Å². The fourth-order valence-corrected chi connectivity index (χ4v) is 2.25. The van der Waals surface area contributed by atoms with Crippen LogP contribution in [0.25, 0.3) is 0 Å². The minimum Gasteiger partial charge on any atom is -0.396 e. The molecule has 16 heavy (non-hydrogen) atoms. The second-order valence-electron chi connectivity index (χ2n) is 4.49.